The third kappa shape index (κ3) is 6.30. The molecule has 0 radical (unpaired) electrons. The lowest BCUT2D eigenvalue weighted by atomic mass is 9.73. The molecule has 3 heterocycles. The van der Waals surface area contributed by atoms with E-state index in [4.69, 9.17) is 19.4 Å². The van der Waals surface area contributed by atoms with Crippen molar-refractivity contribution < 1.29 is 32.5 Å². The monoisotopic (exact) mass is 416 g/mol. The molecular formula is C20H27F3N2O4. The summed E-state index contributed by atoms with van der Waals surface area (Å²) in [4.78, 5) is 15.9. The van der Waals surface area contributed by atoms with Crippen molar-refractivity contribution in [1.29, 1.82) is 0 Å². The lowest BCUT2D eigenvalue weighted by molar-refractivity contribution is -0.192. The van der Waals surface area contributed by atoms with Crippen LogP contribution in [0.25, 0.3) is 0 Å². The van der Waals surface area contributed by atoms with E-state index in [0.29, 0.717) is 6.10 Å². The molecule has 2 atom stereocenters. The number of ether oxygens (including phenoxy) is 2. The van der Waals surface area contributed by atoms with E-state index < -0.39 is 12.1 Å². The van der Waals surface area contributed by atoms with Gasteiger partial charge in [-0.15, -0.1) is 0 Å². The van der Waals surface area contributed by atoms with E-state index in [0.717, 1.165) is 44.4 Å². The molecule has 1 saturated carbocycles. The fraction of sp³-hybridized carbons (Fsp3) is 0.700. The molecule has 2 aliphatic heterocycles. The molecular weight excluding hydrogens is 389 g/mol. The van der Waals surface area contributed by atoms with Crippen LogP contribution in [0.5, 0.6) is 5.88 Å². The minimum absolute atomic E-state index is 0.156. The van der Waals surface area contributed by atoms with Gasteiger partial charge in [0.25, 0.3) is 0 Å². The number of carboxylic acids is 1. The standard InChI is InChI=1S/C18H26N2O2.C2HF3O2/c1-2-9-19-17(4-1)22-14-18-8-3-11-21-16(18)7-10-20(13-18)12-15-5-6-15;3-2(4,5)1(6)7/h1-2,4,9,15-16H,3,5-8,10-14H2;(H,6,7). The molecule has 2 unspecified atom stereocenters. The van der Waals surface area contributed by atoms with Gasteiger partial charge in [0, 0.05) is 43.9 Å². The minimum atomic E-state index is -5.08. The maximum absolute atomic E-state index is 10.6. The summed E-state index contributed by atoms with van der Waals surface area (Å²) in [6.07, 6.45) is 3.44. The van der Waals surface area contributed by atoms with Crippen molar-refractivity contribution >= 4 is 5.97 Å². The van der Waals surface area contributed by atoms with Gasteiger partial charge in [-0.05, 0) is 44.1 Å². The predicted molar refractivity (Wildman–Crippen MR) is 98.6 cm³/mol. The zero-order valence-electron chi connectivity index (χ0n) is 16.2. The second-order valence-electron chi connectivity index (χ2n) is 8.05. The molecule has 4 rings (SSSR count). The number of nitrogens with zero attached hydrogens (tertiary/aromatic N) is 2. The largest absolute Gasteiger partial charge is 0.490 e. The lowest BCUT2D eigenvalue weighted by Gasteiger charge is -2.50. The fourth-order valence-electron chi connectivity index (χ4n) is 4.06. The van der Waals surface area contributed by atoms with Crippen molar-refractivity contribution in [3.8, 4) is 5.88 Å². The number of alkyl halides is 3. The molecule has 0 aromatic carbocycles. The highest BCUT2D eigenvalue weighted by atomic mass is 19.4. The van der Waals surface area contributed by atoms with Gasteiger partial charge in [0.2, 0.25) is 5.88 Å². The van der Waals surface area contributed by atoms with Gasteiger partial charge in [-0.2, -0.15) is 13.2 Å². The van der Waals surface area contributed by atoms with Gasteiger partial charge in [-0.1, -0.05) is 6.07 Å². The number of hydrogen-bond acceptors (Lipinski definition) is 5. The van der Waals surface area contributed by atoms with Crippen molar-refractivity contribution in [2.75, 3.05) is 32.8 Å². The molecule has 1 N–H and O–H groups in total. The van der Waals surface area contributed by atoms with Crippen LogP contribution < -0.4 is 4.74 Å². The van der Waals surface area contributed by atoms with Crippen LogP contribution in [0.2, 0.25) is 0 Å². The Balaban J connectivity index is 0.000000298. The predicted octanol–water partition coefficient (Wildman–Crippen LogP) is 3.37. The summed E-state index contributed by atoms with van der Waals surface area (Å²) in [7, 11) is 0. The average Bonchev–Trinajstić information content (AvgIpc) is 3.51. The van der Waals surface area contributed by atoms with Crippen LogP contribution in [0.15, 0.2) is 24.4 Å². The smallest absolute Gasteiger partial charge is 0.477 e. The highest BCUT2D eigenvalue weighted by Gasteiger charge is 2.47. The van der Waals surface area contributed by atoms with E-state index in [1.54, 1.807) is 6.20 Å². The van der Waals surface area contributed by atoms with E-state index in [-0.39, 0.29) is 5.41 Å². The average molecular weight is 416 g/mol. The number of carbonyl (C=O) groups is 1. The zero-order valence-corrected chi connectivity index (χ0v) is 16.2. The highest BCUT2D eigenvalue weighted by Crippen LogP contribution is 2.42. The number of hydrogen-bond donors (Lipinski definition) is 1. The summed E-state index contributed by atoms with van der Waals surface area (Å²) in [5.74, 6) is -1.07. The molecule has 0 amide bonds. The normalized spacial score (nSPS) is 27.3. The summed E-state index contributed by atoms with van der Waals surface area (Å²) in [6.45, 7) is 5.24. The summed E-state index contributed by atoms with van der Waals surface area (Å²) < 4.78 is 43.9. The number of fused-ring (bicyclic) bond motifs is 1. The van der Waals surface area contributed by atoms with Gasteiger partial charge in [-0.3, -0.25) is 0 Å². The quantitative estimate of drug-likeness (QED) is 0.794. The van der Waals surface area contributed by atoms with Crippen LogP contribution >= 0.6 is 0 Å². The van der Waals surface area contributed by atoms with E-state index >= 15 is 0 Å². The number of rotatable bonds is 5. The molecule has 9 heteroatoms. The van der Waals surface area contributed by atoms with Crippen LogP contribution in [-0.2, 0) is 9.53 Å². The number of piperidine rings is 1. The molecule has 3 fully saturated rings. The second-order valence-corrected chi connectivity index (χ2v) is 8.05. The van der Waals surface area contributed by atoms with Crippen molar-refractivity contribution in [3.63, 3.8) is 0 Å². The van der Waals surface area contributed by atoms with Crippen LogP contribution in [0, 0.1) is 11.3 Å². The first-order valence-electron chi connectivity index (χ1n) is 9.96. The Bertz CT molecular complexity index is 669. The third-order valence-corrected chi connectivity index (χ3v) is 5.67. The number of halogens is 3. The van der Waals surface area contributed by atoms with Gasteiger partial charge in [0.1, 0.15) is 0 Å². The molecule has 162 valence electrons. The Kier molecular flexibility index (Phi) is 7.00. The van der Waals surface area contributed by atoms with Crippen LogP contribution in [0.4, 0.5) is 13.2 Å². The maximum atomic E-state index is 10.6. The Morgan fingerprint density at radius 2 is 2.10 bits per heavy atom. The first-order valence-corrected chi connectivity index (χ1v) is 9.96. The van der Waals surface area contributed by atoms with Gasteiger partial charge >= 0.3 is 12.1 Å². The molecule has 3 aliphatic rings. The van der Waals surface area contributed by atoms with Crippen LogP contribution in [0.1, 0.15) is 32.1 Å². The number of aliphatic carboxylic acids is 1. The van der Waals surface area contributed by atoms with Gasteiger partial charge in [0.15, 0.2) is 0 Å². The Morgan fingerprint density at radius 3 is 2.72 bits per heavy atom. The number of pyridine rings is 1. The van der Waals surface area contributed by atoms with Crippen LogP contribution in [0.3, 0.4) is 0 Å². The molecule has 29 heavy (non-hydrogen) atoms. The highest BCUT2D eigenvalue weighted by molar-refractivity contribution is 5.73. The summed E-state index contributed by atoms with van der Waals surface area (Å²) >= 11 is 0. The molecule has 6 nitrogen and oxygen atoms in total. The molecule has 1 aromatic rings. The first kappa shape index (κ1) is 21.8. The Morgan fingerprint density at radius 1 is 1.34 bits per heavy atom. The van der Waals surface area contributed by atoms with E-state index in [1.807, 2.05) is 18.2 Å². The van der Waals surface area contributed by atoms with Crippen molar-refractivity contribution in [2.24, 2.45) is 11.3 Å². The fourth-order valence-corrected chi connectivity index (χ4v) is 4.06. The number of likely N-dealkylation sites (tertiary alicyclic amines) is 1. The summed E-state index contributed by atoms with van der Waals surface area (Å²) in [5, 5.41) is 7.12. The number of carboxylic acid groups (broad SMARTS) is 1. The topological polar surface area (TPSA) is 71.9 Å². The van der Waals surface area contributed by atoms with E-state index in [2.05, 4.69) is 9.88 Å². The third-order valence-electron chi connectivity index (χ3n) is 5.67. The maximum Gasteiger partial charge on any atom is 0.490 e. The van der Waals surface area contributed by atoms with Crippen LogP contribution in [-0.4, -0.2) is 66.1 Å². The summed E-state index contributed by atoms with van der Waals surface area (Å²) in [5.41, 5.74) is 0.156. The van der Waals surface area contributed by atoms with Gasteiger partial charge in [0.05, 0.1) is 12.7 Å². The lowest BCUT2D eigenvalue weighted by Crippen LogP contribution is -2.57. The summed E-state index contributed by atoms with van der Waals surface area (Å²) in [6, 6.07) is 5.85. The van der Waals surface area contributed by atoms with E-state index in [1.165, 1.54) is 32.4 Å². The number of aromatic nitrogens is 1. The first-order chi connectivity index (χ1) is 13.8. The Labute approximate surface area is 168 Å². The van der Waals surface area contributed by atoms with E-state index in [9.17, 15) is 13.2 Å². The van der Waals surface area contributed by atoms with Gasteiger partial charge in [-0.25, -0.2) is 9.78 Å². The minimum Gasteiger partial charge on any atom is -0.477 e. The van der Waals surface area contributed by atoms with Crippen molar-refractivity contribution in [2.45, 2.75) is 44.4 Å². The second kappa shape index (κ2) is 9.30. The zero-order chi connectivity index (χ0) is 20.9. The molecule has 0 spiro atoms. The Hall–Kier alpha value is -1.87. The molecule has 1 aliphatic carbocycles. The van der Waals surface area contributed by atoms with Crippen molar-refractivity contribution in [1.82, 2.24) is 9.88 Å². The molecule has 1 aromatic heterocycles. The van der Waals surface area contributed by atoms with Crippen molar-refractivity contribution in [3.05, 3.63) is 24.4 Å². The SMILES string of the molecule is O=C(O)C(F)(F)F.c1ccc(OCC23CCCOC2CCN(CC2CC2)C3)nc1. The molecule has 2 saturated heterocycles. The van der Waals surface area contributed by atoms with Gasteiger partial charge < -0.3 is 19.5 Å². The molecule has 0 bridgehead atoms.